The van der Waals surface area contributed by atoms with Gasteiger partial charge in [0.15, 0.2) is 6.61 Å². The first-order valence-electron chi connectivity index (χ1n) is 20.6. The Bertz CT molecular complexity index is 2420. The van der Waals surface area contributed by atoms with Crippen LogP contribution in [0.25, 0.3) is 0 Å². The molecule has 0 aromatic heterocycles. The molecule has 0 saturated heterocycles. The van der Waals surface area contributed by atoms with Gasteiger partial charge in [0, 0.05) is 0 Å². The predicted molar refractivity (Wildman–Crippen MR) is 254 cm³/mol. The van der Waals surface area contributed by atoms with Crippen LogP contribution < -0.4 is 19.7 Å². The number of carbonyl (C=O) groups excluding carboxylic acids is 4. The van der Waals surface area contributed by atoms with Crippen LogP contribution in [0.1, 0.15) is 85.9 Å². The zero-order valence-electron chi connectivity index (χ0n) is 36.2. The summed E-state index contributed by atoms with van der Waals surface area (Å²) in [6.45, 7) is -2.16. The summed E-state index contributed by atoms with van der Waals surface area (Å²) < 4.78 is 83.3. The van der Waals surface area contributed by atoms with Gasteiger partial charge in [-0.05, 0) is 45.4 Å². The molecule has 310 valence electrons. The highest BCUT2D eigenvalue weighted by atomic mass is 32.2. The highest BCUT2D eigenvalue weighted by Gasteiger charge is 2.46. The molecule has 0 amide bonds. The highest BCUT2D eigenvalue weighted by molar-refractivity contribution is 7.86. The third kappa shape index (κ3) is 11.1. The lowest BCUT2D eigenvalue weighted by molar-refractivity contribution is -0.00963. The van der Waals surface area contributed by atoms with Crippen molar-refractivity contribution in [2.24, 2.45) is 0 Å². The molecule has 0 spiro atoms. The fourth-order valence-electron chi connectivity index (χ4n) is 6.93. The minimum Gasteiger partial charge on any atom is -0.454 e. The zero-order chi connectivity index (χ0) is 45.4. The third-order valence-corrected chi connectivity index (χ3v) is 11.4. The maximum absolute atomic E-state index is 14.5. The lowest BCUT2D eigenvalue weighted by Crippen LogP contribution is -2.35. The van der Waals surface area contributed by atoms with E-state index in [1.54, 1.807) is 13.9 Å². The Morgan fingerprint density at radius 3 is 1.10 bits per heavy atom. The van der Waals surface area contributed by atoms with Crippen LogP contribution in [0.5, 0.6) is 17.2 Å². The minimum atomic E-state index is -6.04. The van der Waals surface area contributed by atoms with Crippen molar-refractivity contribution in [1.29, 1.82) is 0 Å². The van der Waals surface area contributed by atoms with Crippen LogP contribution in [0.15, 0.2) is 48.5 Å². The van der Waals surface area contributed by atoms with Crippen LogP contribution in [0.3, 0.4) is 0 Å². The van der Waals surface area contributed by atoms with E-state index in [-0.39, 0.29) is 17.2 Å². The molecular formula is C38H45B9F2O11S. The van der Waals surface area contributed by atoms with Gasteiger partial charge < -0.3 is 18.9 Å². The summed E-state index contributed by atoms with van der Waals surface area (Å²) in [7, 11) is 10.9. The van der Waals surface area contributed by atoms with Crippen molar-refractivity contribution in [1.82, 2.24) is 0 Å². The number of hydrogen-bond donors (Lipinski definition) is 1. The number of rotatable bonds is 18. The fraction of sp³-hybridized carbons (Fsp3) is 0.263. The molecule has 0 aliphatic heterocycles. The summed E-state index contributed by atoms with van der Waals surface area (Å²) in [6, 6.07) is 12.9. The molecule has 61 heavy (non-hydrogen) atoms. The van der Waals surface area contributed by atoms with E-state index in [4.69, 9.17) is 18.8 Å². The van der Waals surface area contributed by atoms with E-state index in [1.807, 2.05) is 93.1 Å². The van der Waals surface area contributed by atoms with E-state index < -0.39 is 68.1 Å². The van der Waals surface area contributed by atoms with Gasteiger partial charge in [-0.3, -0.25) is 4.55 Å². The molecule has 0 fully saturated rings. The Kier molecular flexibility index (Phi) is 16.6. The Labute approximate surface area is 363 Å². The normalized spacial score (nSPS) is 11.5. The molecule has 0 bridgehead atoms. The number of esters is 4. The monoisotopic (exact) mass is 846 g/mol. The van der Waals surface area contributed by atoms with Crippen LogP contribution in [0, 0.1) is 0 Å². The smallest absolute Gasteiger partial charge is 0.402 e. The average molecular weight is 845 g/mol. The number of benzene rings is 4. The summed E-state index contributed by atoms with van der Waals surface area (Å²) in [5.41, 5.74) is 4.21. The summed E-state index contributed by atoms with van der Waals surface area (Å²) in [6.07, 6.45) is 4.36. The summed E-state index contributed by atoms with van der Waals surface area (Å²) in [5, 5.41) is -4.94. The van der Waals surface area contributed by atoms with Gasteiger partial charge in [-0.15, -0.1) is 0 Å². The third-order valence-electron chi connectivity index (χ3n) is 10.5. The maximum Gasteiger partial charge on any atom is 0.402 e. The molecule has 4 aromatic carbocycles. The first-order valence-corrected chi connectivity index (χ1v) is 22.0. The van der Waals surface area contributed by atoms with Gasteiger partial charge in [-0.2, -0.15) is 17.2 Å². The topological polar surface area (TPSA) is 160 Å². The van der Waals surface area contributed by atoms with Gasteiger partial charge >= 0.3 is 39.2 Å². The molecule has 1 N–H and O–H groups in total. The Hall–Kier alpha value is -4.89. The van der Waals surface area contributed by atoms with Gasteiger partial charge in [0.2, 0.25) is 0 Å². The van der Waals surface area contributed by atoms with Gasteiger partial charge in [0.05, 0.1) is 22.3 Å². The Balaban J connectivity index is 2.03. The van der Waals surface area contributed by atoms with Crippen molar-refractivity contribution in [3.05, 3.63) is 115 Å². The summed E-state index contributed by atoms with van der Waals surface area (Å²) in [4.78, 5) is 57.1. The lowest BCUT2D eigenvalue weighted by atomic mass is 9.83. The second kappa shape index (κ2) is 20.8. The SMILES string of the molecule is BCc1cc(B)c(OC(=O)c2cc(C(=O)Oc3c(CB)cc(CB)cc3CB)c(C(=O)Oc3c(CB)cc(CB)cc3CB)cc2C(=O)OCC(F)(F)S(=O)(=O)O)c(CB)c1. The van der Waals surface area contributed by atoms with Crippen LogP contribution in [-0.4, -0.2) is 119 Å². The van der Waals surface area contributed by atoms with E-state index in [2.05, 4.69) is 4.74 Å². The van der Waals surface area contributed by atoms with Crippen molar-refractivity contribution >= 4 is 110 Å². The van der Waals surface area contributed by atoms with Gasteiger partial charge in [-0.1, -0.05) is 104 Å². The van der Waals surface area contributed by atoms with Crippen molar-refractivity contribution in [3.63, 3.8) is 0 Å². The van der Waals surface area contributed by atoms with Crippen LogP contribution in [0.4, 0.5) is 8.78 Å². The van der Waals surface area contributed by atoms with Gasteiger partial charge in [-0.25, -0.2) is 19.2 Å². The van der Waals surface area contributed by atoms with Crippen LogP contribution in [0.2, 0.25) is 0 Å². The standard InChI is InChI=1S/C38H45B9F2O11S/c39-9-18-1-21(12-42)31(22(2-18)13-43)58-35(51)28-7-26(34(50)57-17-38(48,49)61(54,55)56)27(37(53)60-33-25(16-46)5-20(11-41)6-30(33)47)8-29(28)36(52)59-32-23(14-44)3-19(10-40)4-24(32)15-45/h1-8H,9-17,39-47H2,(H,54,55,56). The van der Waals surface area contributed by atoms with Crippen molar-refractivity contribution in [2.45, 2.75) is 55.8 Å². The fourth-order valence-corrected chi connectivity index (χ4v) is 7.14. The highest BCUT2D eigenvalue weighted by Crippen LogP contribution is 2.32. The Morgan fingerprint density at radius 1 is 0.492 bits per heavy atom. The quantitative estimate of drug-likeness (QED) is 0.0455. The molecule has 4 aromatic rings. The molecule has 0 heterocycles. The van der Waals surface area contributed by atoms with Crippen molar-refractivity contribution in [2.75, 3.05) is 6.61 Å². The molecule has 0 aliphatic carbocycles. The maximum atomic E-state index is 14.5. The molecular weight excluding hydrogens is 800 g/mol. The van der Waals surface area contributed by atoms with E-state index >= 15 is 0 Å². The zero-order valence-corrected chi connectivity index (χ0v) is 37.0. The predicted octanol–water partition coefficient (Wildman–Crippen LogP) is -3.70. The van der Waals surface area contributed by atoms with Crippen molar-refractivity contribution < 1.29 is 59.9 Å². The van der Waals surface area contributed by atoms with Gasteiger partial charge in [0.1, 0.15) is 87.9 Å². The molecule has 0 aliphatic rings. The van der Waals surface area contributed by atoms with Crippen molar-refractivity contribution in [3.8, 4) is 17.2 Å². The van der Waals surface area contributed by atoms with E-state index in [9.17, 15) is 36.4 Å². The molecule has 0 atom stereocenters. The largest absolute Gasteiger partial charge is 0.454 e. The van der Waals surface area contributed by atoms with Crippen LogP contribution in [-0.2, 0) is 65.4 Å². The minimum absolute atomic E-state index is 0.139. The molecule has 11 nitrogen and oxygen atoms in total. The van der Waals surface area contributed by atoms with Crippen LogP contribution >= 0.6 is 0 Å². The number of hydrogen-bond acceptors (Lipinski definition) is 10. The number of halogens is 2. The number of ether oxygens (including phenoxy) is 4. The van der Waals surface area contributed by atoms with E-state index in [1.165, 1.54) is 0 Å². The van der Waals surface area contributed by atoms with E-state index in [0.29, 0.717) is 83.8 Å². The first-order chi connectivity index (χ1) is 28.8. The molecule has 0 unspecified atom stereocenters. The average Bonchev–Trinajstić information content (AvgIpc) is 3.24. The molecule has 0 saturated carbocycles. The lowest BCUT2D eigenvalue weighted by Gasteiger charge is -2.20. The second-order valence-electron chi connectivity index (χ2n) is 14.5. The molecule has 23 heteroatoms. The molecule has 0 radical (unpaired) electrons. The van der Waals surface area contributed by atoms with Gasteiger partial charge in [0.25, 0.3) is 0 Å². The number of alkyl halides is 2. The molecule has 4 rings (SSSR count). The Morgan fingerprint density at radius 2 is 0.787 bits per heavy atom. The van der Waals surface area contributed by atoms with E-state index in [0.717, 1.165) is 28.8 Å². The number of carbonyl (C=O) groups is 4. The first kappa shape index (κ1) is 48.8. The second-order valence-corrected chi connectivity index (χ2v) is 16.1. The summed E-state index contributed by atoms with van der Waals surface area (Å²) >= 11 is 0. The summed E-state index contributed by atoms with van der Waals surface area (Å²) in [5.74, 6) is -4.63.